The number of ether oxygens (including phenoxy) is 1. The molecule has 0 saturated heterocycles. The minimum Gasteiger partial charge on any atom is -0.471 e. The van der Waals surface area contributed by atoms with Crippen LogP contribution in [0.4, 0.5) is 0 Å². The fraction of sp³-hybridized carbons (Fsp3) is 0.0952. The van der Waals surface area contributed by atoms with Gasteiger partial charge in [-0.15, -0.1) is 5.10 Å². The molecular formula is C21H18N4O. The summed E-state index contributed by atoms with van der Waals surface area (Å²) in [6.45, 7) is 0.461. The van der Waals surface area contributed by atoms with Gasteiger partial charge in [0.25, 0.3) is 0 Å². The topological polar surface area (TPSA) is 52.8 Å². The number of benzene rings is 1. The van der Waals surface area contributed by atoms with Gasteiger partial charge in [-0.05, 0) is 40.5 Å². The third kappa shape index (κ3) is 3.47. The first-order valence-corrected chi connectivity index (χ1v) is 8.36. The van der Waals surface area contributed by atoms with Gasteiger partial charge in [0.2, 0.25) is 5.88 Å². The minimum absolute atomic E-state index is 0.461. The maximum atomic E-state index is 5.98. The van der Waals surface area contributed by atoms with Gasteiger partial charge in [-0.1, -0.05) is 30.3 Å². The molecule has 0 radical (unpaired) electrons. The normalized spacial score (nSPS) is 10.7. The quantitative estimate of drug-likeness (QED) is 0.547. The second-order valence-corrected chi connectivity index (χ2v) is 5.98. The number of nitrogens with zero attached hydrogens (tertiary/aromatic N) is 4. The number of rotatable bonds is 5. The Morgan fingerprint density at radius 1 is 0.846 bits per heavy atom. The molecule has 0 aliphatic rings. The van der Waals surface area contributed by atoms with Gasteiger partial charge >= 0.3 is 0 Å². The standard InChI is InChI=1S/C21H18N4O/c1-25-14-20(18-8-11-22-12-9-18)21(24-25)26-15-16-4-6-17(7-5-16)19-3-2-10-23-13-19/h2-14H,15H2,1H3. The van der Waals surface area contributed by atoms with Gasteiger partial charge < -0.3 is 4.74 Å². The van der Waals surface area contributed by atoms with Crippen LogP contribution in [0.3, 0.4) is 0 Å². The van der Waals surface area contributed by atoms with Crippen molar-refractivity contribution in [3.63, 3.8) is 0 Å². The highest BCUT2D eigenvalue weighted by Gasteiger charge is 2.11. The first kappa shape index (κ1) is 16.0. The zero-order chi connectivity index (χ0) is 17.8. The lowest BCUT2D eigenvalue weighted by molar-refractivity contribution is 0.292. The van der Waals surface area contributed by atoms with Crippen LogP contribution >= 0.6 is 0 Å². The molecule has 0 N–H and O–H groups in total. The monoisotopic (exact) mass is 342 g/mol. The first-order valence-electron chi connectivity index (χ1n) is 8.36. The Hall–Kier alpha value is -3.47. The molecule has 0 atom stereocenters. The molecule has 0 fully saturated rings. The third-order valence-electron chi connectivity index (χ3n) is 4.11. The predicted octanol–water partition coefficient (Wildman–Crippen LogP) is 4.12. The number of pyridine rings is 2. The fourth-order valence-electron chi connectivity index (χ4n) is 2.78. The smallest absolute Gasteiger partial charge is 0.241 e. The van der Waals surface area contributed by atoms with Crippen molar-refractivity contribution >= 4 is 0 Å². The highest BCUT2D eigenvalue weighted by atomic mass is 16.5. The van der Waals surface area contributed by atoms with Crippen LogP contribution < -0.4 is 4.74 Å². The van der Waals surface area contributed by atoms with Crippen LogP contribution in [0.5, 0.6) is 5.88 Å². The fourth-order valence-corrected chi connectivity index (χ4v) is 2.78. The van der Waals surface area contributed by atoms with Gasteiger partial charge in [0, 0.05) is 38.0 Å². The van der Waals surface area contributed by atoms with Gasteiger partial charge in [0.15, 0.2) is 0 Å². The van der Waals surface area contributed by atoms with E-state index in [0.29, 0.717) is 12.5 Å². The second kappa shape index (κ2) is 7.19. The highest BCUT2D eigenvalue weighted by Crippen LogP contribution is 2.28. The van der Waals surface area contributed by atoms with Gasteiger partial charge in [-0.25, -0.2) is 0 Å². The van der Waals surface area contributed by atoms with Crippen molar-refractivity contribution in [1.82, 2.24) is 19.7 Å². The summed E-state index contributed by atoms with van der Waals surface area (Å²) in [5, 5.41) is 4.43. The Bertz CT molecular complexity index is 980. The van der Waals surface area contributed by atoms with Crippen molar-refractivity contribution in [1.29, 1.82) is 0 Å². The van der Waals surface area contributed by atoms with Crippen LogP contribution in [0.15, 0.2) is 79.5 Å². The summed E-state index contributed by atoms with van der Waals surface area (Å²) >= 11 is 0. The molecule has 0 spiro atoms. The summed E-state index contributed by atoms with van der Waals surface area (Å²) in [7, 11) is 1.89. The molecule has 5 heteroatoms. The van der Waals surface area contributed by atoms with E-state index in [0.717, 1.165) is 27.8 Å². The number of hydrogen-bond donors (Lipinski definition) is 0. The largest absolute Gasteiger partial charge is 0.471 e. The Kier molecular flexibility index (Phi) is 4.43. The molecule has 26 heavy (non-hydrogen) atoms. The molecule has 0 saturated carbocycles. The van der Waals surface area contributed by atoms with Crippen LogP contribution in [-0.2, 0) is 13.7 Å². The zero-order valence-electron chi connectivity index (χ0n) is 14.4. The van der Waals surface area contributed by atoms with Gasteiger partial charge in [0.05, 0.1) is 5.56 Å². The van der Waals surface area contributed by atoms with Crippen molar-refractivity contribution in [2.75, 3.05) is 0 Å². The lowest BCUT2D eigenvalue weighted by atomic mass is 10.1. The molecule has 3 heterocycles. The van der Waals surface area contributed by atoms with E-state index < -0.39 is 0 Å². The minimum atomic E-state index is 0.461. The Balaban J connectivity index is 1.50. The molecule has 5 nitrogen and oxygen atoms in total. The van der Waals surface area contributed by atoms with Crippen molar-refractivity contribution in [2.24, 2.45) is 7.05 Å². The number of aryl methyl sites for hydroxylation is 1. The van der Waals surface area contributed by atoms with Gasteiger partial charge in [-0.3, -0.25) is 14.6 Å². The maximum Gasteiger partial charge on any atom is 0.241 e. The van der Waals surface area contributed by atoms with E-state index in [4.69, 9.17) is 4.74 Å². The molecular weight excluding hydrogens is 324 g/mol. The average molecular weight is 342 g/mol. The Morgan fingerprint density at radius 2 is 1.65 bits per heavy atom. The summed E-state index contributed by atoms with van der Waals surface area (Å²) in [4.78, 5) is 8.22. The van der Waals surface area contributed by atoms with Crippen molar-refractivity contribution in [2.45, 2.75) is 6.61 Å². The predicted molar refractivity (Wildman–Crippen MR) is 100 cm³/mol. The maximum absolute atomic E-state index is 5.98. The Morgan fingerprint density at radius 3 is 2.38 bits per heavy atom. The second-order valence-electron chi connectivity index (χ2n) is 5.98. The van der Waals surface area contributed by atoms with Crippen LogP contribution in [0.25, 0.3) is 22.3 Å². The lowest BCUT2D eigenvalue weighted by Gasteiger charge is -2.07. The molecule has 0 amide bonds. The summed E-state index contributed by atoms with van der Waals surface area (Å²) in [5.41, 5.74) is 5.32. The van der Waals surface area contributed by atoms with E-state index >= 15 is 0 Å². The third-order valence-corrected chi connectivity index (χ3v) is 4.11. The molecule has 0 aliphatic heterocycles. The van der Waals surface area contributed by atoms with Crippen LogP contribution in [0, 0.1) is 0 Å². The van der Waals surface area contributed by atoms with Gasteiger partial charge in [0.1, 0.15) is 6.61 Å². The lowest BCUT2D eigenvalue weighted by Crippen LogP contribution is -1.98. The average Bonchev–Trinajstić information content (AvgIpc) is 3.09. The number of hydrogen-bond acceptors (Lipinski definition) is 4. The van der Waals surface area contributed by atoms with Crippen molar-refractivity contribution in [3.8, 4) is 28.1 Å². The molecule has 1 aromatic carbocycles. The van der Waals surface area contributed by atoms with Crippen LogP contribution in [0.1, 0.15) is 5.56 Å². The van der Waals surface area contributed by atoms with E-state index in [2.05, 4.69) is 39.3 Å². The molecule has 3 aromatic heterocycles. The molecule has 4 aromatic rings. The van der Waals surface area contributed by atoms with E-state index in [1.165, 1.54) is 0 Å². The van der Waals surface area contributed by atoms with Crippen molar-refractivity contribution < 1.29 is 4.74 Å². The molecule has 0 bridgehead atoms. The van der Waals surface area contributed by atoms with Crippen LogP contribution in [0.2, 0.25) is 0 Å². The first-order chi connectivity index (χ1) is 12.8. The summed E-state index contributed by atoms with van der Waals surface area (Å²) in [6, 6.07) is 16.2. The zero-order valence-corrected chi connectivity index (χ0v) is 14.4. The van der Waals surface area contributed by atoms with Crippen molar-refractivity contribution in [3.05, 3.63) is 85.1 Å². The van der Waals surface area contributed by atoms with Crippen LogP contribution in [-0.4, -0.2) is 19.7 Å². The Labute approximate surface area is 151 Å². The highest BCUT2D eigenvalue weighted by molar-refractivity contribution is 5.67. The summed E-state index contributed by atoms with van der Waals surface area (Å²) in [6.07, 6.45) is 9.13. The summed E-state index contributed by atoms with van der Waals surface area (Å²) in [5.74, 6) is 0.620. The summed E-state index contributed by atoms with van der Waals surface area (Å²) < 4.78 is 7.74. The van der Waals surface area contributed by atoms with E-state index in [1.54, 1.807) is 23.3 Å². The van der Waals surface area contributed by atoms with E-state index in [9.17, 15) is 0 Å². The molecule has 128 valence electrons. The molecule has 4 rings (SSSR count). The van der Waals surface area contributed by atoms with E-state index in [1.807, 2.05) is 43.7 Å². The SMILES string of the molecule is Cn1cc(-c2ccncc2)c(OCc2ccc(-c3cccnc3)cc2)n1. The van der Waals surface area contributed by atoms with E-state index in [-0.39, 0.29) is 0 Å². The number of aromatic nitrogens is 4. The molecule has 0 unspecified atom stereocenters. The van der Waals surface area contributed by atoms with Gasteiger partial charge in [-0.2, -0.15) is 0 Å². The molecule has 0 aliphatic carbocycles.